The molecule has 0 spiro atoms. The maximum absolute atomic E-state index is 12.8. The lowest BCUT2D eigenvalue weighted by Gasteiger charge is -2.37. The molecule has 1 unspecified atom stereocenters. The topological polar surface area (TPSA) is 69.7 Å². The van der Waals surface area contributed by atoms with Crippen LogP contribution in [0.3, 0.4) is 0 Å². The summed E-state index contributed by atoms with van der Waals surface area (Å²) in [6.45, 7) is 7.29. The Morgan fingerprint density at radius 2 is 1.60 bits per heavy atom. The molecule has 1 saturated heterocycles. The first-order valence-electron chi connectivity index (χ1n) is 8.41. The van der Waals surface area contributed by atoms with Gasteiger partial charge in [0.25, 0.3) is 5.91 Å². The third-order valence-corrected chi connectivity index (χ3v) is 4.70. The van der Waals surface area contributed by atoms with E-state index in [1.807, 2.05) is 13.8 Å². The average molecular weight is 366 g/mol. The van der Waals surface area contributed by atoms with Gasteiger partial charge in [-0.15, -0.1) is 0 Å². The highest BCUT2D eigenvalue weighted by Crippen LogP contribution is 2.16. The minimum atomic E-state index is -0.632. The third-order valence-electron chi connectivity index (χ3n) is 4.37. The number of benzene rings is 1. The number of carbonyl (C=O) groups is 3. The summed E-state index contributed by atoms with van der Waals surface area (Å²) >= 11 is 6.06. The number of hydrogen-bond donors (Lipinski definition) is 1. The highest BCUT2D eigenvalue weighted by Gasteiger charge is 2.31. The van der Waals surface area contributed by atoms with E-state index in [9.17, 15) is 14.4 Å². The molecule has 0 aliphatic carbocycles. The van der Waals surface area contributed by atoms with Gasteiger partial charge in [-0.2, -0.15) is 0 Å². The zero-order valence-electron chi connectivity index (χ0n) is 14.8. The summed E-state index contributed by atoms with van der Waals surface area (Å²) in [4.78, 5) is 40.2. The Balaban J connectivity index is 2.05. The molecule has 3 amide bonds. The third kappa shape index (κ3) is 4.72. The van der Waals surface area contributed by atoms with E-state index in [0.717, 1.165) is 0 Å². The van der Waals surface area contributed by atoms with E-state index in [1.54, 1.807) is 34.1 Å². The second-order valence-corrected chi connectivity index (χ2v) is 6.91. The predicted molar refractivity (Wildman–Crippen MR) is 96.4 cm³/mol. The van der Waals surface area contributed by atoms with Gasteiger partial charge in [0.1, 0.15) is 6.04 Å². The van der Waals surface area contributed by atoms with Crippen molar-refractivity contribution in [3.8, 4) is 0 Å². The molecule has 1 aromatic rings. The van der Waals surface area contributed by atoms with Crippen LogP contribution in [0.2, 0.25) is 5.02 Å². The Bertz CT molecular complexity index is 655. The minimum absolute atomic E-state index is 0.0135. The highest BCUT2D eigenvalue weighted by atomic mass is 35.5. The van der Waals surface area contributed by atoms with Crippen molar-refractivity contribution in [2.24, 2.45) is 5.92 Å². The van der Waals surface area contributed by atoms with Crippen molar-refractivity contribution in [2.75, 3.05) is 26.2 Å². The molecular formula is C18H24ClN3O3. The summed E-state index contributed by atoms with van der Waals surface area (Å²) in [6, 6.07) is 6.12. The van der Waals surface area contributed by atoms with Crippen molar-refractivity contribution in [3.05, 3.63) is 34.9 Å². The summed E-state index contributed by atoms with van der Waals surface area (Å²) in [6.07, 6.45) is 0. The van der Waals surface area contributed by atoms with Crippen LogP contribution in [0.5, 0.6) is 0 Å². The zero-order valence-corrected chi connectivity index (χ0v) is 15.5. The molecule has 25 heavy (non-hydrogen) atoms. The van der Waals surface area contributed by atoms with Gasteiger partial charge in [0.05, 0.1) is 10.6 Å². The van der Waals surface area contributed by atoms with E-state index in [2.05, 4.69) is 5.32 Å². The second-order valence-electron chi connectivity index (χ2n) is 6.51. The Morgan fingerprint density at radius 1 is 1.04 bits per heavy atom. The molecule has 0 saturated carbocycles. The number of halogens is 1. The smallest absolute Gasteiger partial charge is 0.253 e. The first kappa shape index (κ1) is 19.2. The van der Waals surface area contributed by atoms with Crippen molar-refractivity contribution in [2.45, 2.75) is 26.8 Å². The van der Waals surface area contributed by atoms with Crippen molar-refractivity contribution in [1.82, 2.24) is 15.1 Å². The van der Waals surface area contributed by atoms with E-state index in [-0.39, 0.29) is 23.6 Å². The number of carbonyl (C=O) groups excluding carboxylic acids is 3. The Labute approximate surface area is 153 Å². The molecule has 1 N–H and O–H groups in total. The van der Waals surface area contributed by atoms with Crippen LogP contribution in [0.25, 0.3) is 0 Å². The number of nitrogens with one attached hydrogen (secondary N) is 1. The van der Waals surface area contributed by atoms with Gasteiger partial charge in [-0.3, -0.25) is 14.4 Å². The van der Waals surface area contributed by atoms with E-state index >= 15 is 0 Å². The summed E-state index contributed by atoms with van der Waals surface area (Å²) in [5, 5.41) is 3.16. The molecule has 1 aliphatic rings. The van der Waals surface area contributed by atoms with Crippen LogP contribution < -0.4 is 5.32 Å². The molecule has 0 bridgehead atoms. The molecule has 136 valence electrons. The maximum atomic E-state index is 12.8. The summed E-state index contributed by atoms with van der Waals surface area (Å²) < 4.78 is 0. The fraction of sp³-hybridized carbons (Fsp3) is 0.500. The SMILES string of the molecule is CC(=O)N1CCN(C(=O)C(NC(=O)c2ccccc2Cl)C(C)C)CC1. The number of piperazine rings is 1. The van der Waals surface area contributed by atoms with Gasteiger partial charge in [-0.1, -0.05) is 37.6 Å². The predicted octanol–water partition coefficient (Wildman–Crippen LogP) is 1.79. The Hall–Kier alpha value is -2.08. The van der Waals surface area contributed by atoms with Crippen molar-refractivity contribution < 1.29 is 14.4 Å². The van der Waals surface area contributed by atoms with Gasteiger partial charge in [0.2, 0.25) is 11.8 Å². The second kappa shape index (κ2) is 8.34. The lowest BCUT2D eigenvalue weighted by atomic mass is 10.0. The van der Waals surface area contributed by atoms with Crippen molar-refractivity contribution >= 4 is 29.3 Å². The van der Waals surface area contributed by atoms with E-state index < -0.39 is 6.04 Å². The van der Waals surface area contributed by atoms with E-state index in [1.165, 1.54) is 6.92 Å². The summed E-state index contributed by atoms with van der Waals surface area (Å²) in [5.41, 5.74) is 0.351. The van der Waals surface area contributed by atoms with Gasteiger partial charge >= 0.3 is 0 Å². The maximum Gasteiger partial charge on any atom is 0.253 e. The fourth-order valence-corrected chi connectivity index (χ4v) is 3.04. The molecule has 1 atom stereocenters. The van der Waals surface area contributed by atoms with Gasteiger partial charge in [-0.05, 0) is 18.1 Å². The van der Waals surface area contributed by atoms with Crippen molar-refractivity contribution in [1.29, 1.82) is 0 Å². The van der Waals surface area contributed by atoms with Crippen LogP contribution in [0.15, 0.2) is 24.3 Å². The molecule has 1 aliphatic heterocycles. The standard InChI is InChI=1S/C18H24ClN3O3/c1-12(2)16(20-17(24)14-6-4-5-7-15(14)19)18(25)22-10-8-21(9-11-22)13(3)23/h4-7,12,16H,8-11H2,1-3H3,(H,20,24). The molecule has 1 fully saturated rings. The van der Waals surface area contributed by atoms with Gasteiger partial charge in [0.15, 0.2) is 0 Å². The zero-order chi connectivity index (χ0) is 18.6. The molecule has 1 heterocycles. The number of amides is 3. The Kier molecular flexibility index (Phi) is 6.42. The molecular weight excluding hydrogens is 342 g/mol. The van der Waals surface area contributed by atoms with Crippen LogP contribution in [0, 0.1) is 5.92 Å². The van der Waals surface area contributed by atoms with Crippen LogP contribution in [-0.4, -0.2) is 59.7 Å². The Morgan fingerprint density at radius 3 is 2.12 bits per heavy atom. The van der Waals surface area contributed by atoms with Gasteiger partial charge in [0, 0.05) is 33.1 Å². The molecule has 0 radical (unpaired) electrons. The first-order chi connectivity index (χ1) is 11.8. The van der Waals surface area contributed by atoms with Crippen molar-refractivity contribution in [3.63, 3.8) is 0 Å². The minimum Gasteiger partial charge on any atom is -0.340 e. The monoisotopic (exact) mass is 365 g/mol. The van der Waals surface area contributed by atoms with Gasteiger partial charge in [-0.25, -0.2) is 0 Å². The molecule has 6 nitrogen and oxygen atoms in total. The normalized spacial score (nSPS) is 15.9. The van der Waals surface area contributed by atoms with Crippen LogP contribution in [0.4, 0.5) is 0 Å². The quantitative estimate of drug-likeness (QED) is 0.884. The molecule has 0 aromatic heterocycles. The first-order valence-corrected chi connectivity index (χ1v) is 8.78. The highest BCUT2D eigenvalue weighted by molar-refractivity contribution is 6.33. The number of hydrogen-bond acceptors (Lipinski definition) is 3. The van der Waals surface area contributed by atoms with E-state index in [4.69, 9.17) is 11.6 Å². The lowest BCUT2D eigenvalue weighted by Crippen LogP contribution is -2.57. The van der Waals surface area contributed by atoms with E-state index in [0.29, 0.717) is 36.8 Å². The fourth-order valence-electron chi connectivity index (χ4n) is 2.82. The van der Waals surface area contributed by atoms with Gasteiger partial charge < -0.3 is 15.1 Å². The molecule has 1 aromatic carbocycles. The number of rotatable bonds is 4. The average Bonchev–Trinajstić information content (AvgIpc) is 2.59. The summed E-state index contributed by atoms with van der Waals surface area (Å²) in [5.74, 6) is -0.539. The largest absolute Gasteiger partial charge is 0.340 e. The number of nitrogens with zero attached hydrogens (tertiary/aromatic N) is 2. The van der Waals surface area contributed by atoms with Crippen LogP contribution >= 0.6 is 11.6 Å². The molecule has 7 heteroatoms. The van der Waals surface area contributed by atoms with Crippen LogP contribution in [0.1, 0.15) is 31.1 Å². The van der Waals surface area contributed by atoms with Crippen LogP contribution in [-0.2, 0) is 9.59 Å². The summed E-state index contributed by atoms with van der Waals surface area (Å²) in [7, 11) is 0. The molecule has 2 rings (SSSR count). The lowest BCUT2D eigenvalue weighted by molar-refractivity contribution is -0.140.